The van der Waals surface area contributed by atoms with Crippen LogP contribution < -0.4 is 5.32 Å². The average molecular weight is 255 g/mol. The first-order chi connectivity index (χ1) is 5.29. The molecule has 0 saturated carbocycles. The summed E-state index contributed by atoms with van der Waals surface area (Å²) < 4.78 is 0. The van der Waals surface area contributed by atoms with Crippen LogP contribution in [-0.2, 0) is 22.4 Å². The van der Waals surface area contributed by atoms with Crippen LogP contribution in [-0.4, -0.2) is 11.8 Å². The number of carbonyl (C=O) groups excluding carboxylic acids is 2. The van der Waals surface area contributed by atoms with Crippen molar-refractivity contribution in [3.05, 3.63) is 35.4 Å². The Bertz CT molecular complexity index is 316. The van der Waals surface area contributed by atoms with E-state index in [4.69, 9.17) is 0 Å². The van der Waals surface area contributed by atoms with E-state index in [1.807, 2.05) is 0 Å². The summed E-state index contributed by atoms with van der Waals surface area (Å²) in [4.78, 5) is 21.9. The fraction of sp³-hybridized carbons (Fsp3) is 0. The number of hydrogen-bond donors (Lipinski definition) is 1. The van der Waals surface area contributed by atoms with Gasteiger partial charge in [-0.2, -0.15) is 0 Å². The number of benzene rings is 1. The molecule has 1 aliphatic heterocycles. The van der Waals surface area contributed by atoms with E-state index in [1.54, 1.807) is 24.3 Å². The molecule has 0 aromatic heterocycles. The van der Waals surface area contributed by atoms with Gasteiger partial charge < -0.3 is 0 Å². The van der Waals surface area contributed by atoms with Gasteiger partial charge in [0.1, 0.15) is 0 Å². The van der Waals surface area contributed by atoms with E-state index in [0.29, 0.717) is 11.1 Å². The van der Waals surface area contributed by atoms with Gasteiger partial charge in [-0.25, -0.2) is 0 Å². The molecule has 2 rings (SSSR count). The predicted molar refractivity (Wildman–Crippen MR) is 38.2 cm³/mol. The van der Waals surface area contributed by atoms with Crippen molar-refractivity contribution < 1.29 is 32.0 Å². The van der Waals surface area contributed by atoms with Gasteiger partial charge in [-0.3, -0.25) is 14.9 Å². The van der Waals surface area contributed by atoms with Crippen molar-refractivity contribution in [3.63, 3.8) is 0 Å². The van der Waals surface area contributed by atoms with Crippen molar-refractivity contribution in [1.29, 1.82) is 0 Å². The van der Waals surface area contributed by atoms with Crippen molar-refractivity contribution in [1.82, 2.24) is 5.32 Å². The van der Waals surface area contributed by atoms with Crippen LogP contribution in [0.4, 0.5) is 0 Å². The van der Waals surface area contributed by atoms with Crippen LogP contribution in [0, 0.1) is 0 Å². The van der Waals surface area contributed by atoms with Gasteiger partial charge >= 0.3 is 0 Å². The Hall–Kier alpha value is -0.900. The van der Waals surface area contributed by atoms with Crippen molar-refractivity contribution in [2.45, 2.75) is 0 Å². The topological polar surface area (TPSA) is 46.2 Å². The molecule has 4 heteroatoms. The SMILES string of the molecule is O=C1NC(=O)c2ccccc21.[Ag]. The molecule has 3 nitrogen and oxygen atoms in total. The molecule has 1 aromatic rings. The third-order valence-electron chi connectivity index (χ3n) is 1.64. The van der Waals surface area contributed by atoms with E-state index in [0.717, 1.165) is 0 Å². The van der Waals surface area contributed by atoms with Gasteiger partial charge in [-0.1, -0.05) is 12.1 Å². The third kappa shape index (κ3) is 1.22. The zero-order chi connectivity index (χ0) is 7.84. The molecule has 1 N–H and O–H groups in total. The maximum atomic E-state index is 10.9. The molecule has 0 spiro atoms. The summed E-state index contributed by atoms with van der Waals surface area (Å²) in [6.07, 6.45) is 0. The van der Waals surface area contributed by atoms with Gasteiger partial charge in [0.2, 0.25) is 0 Å². The van der Waals surface area contributed by atoms with Gasteiger partial charge in [0.25, 0.3) is 11.8 Å². The Morgan fingerprint density at radius 1 is 0.917 bits per heavy atom. The second kappa shape index (κ2) is 3.23. The van der Waals surface area contributed by atoms with Crippen LogP contribution in [0.25, 0.3) is 0 Å². The summed E-state index contributed by atoms with van der Waals surface area (Å²) in [5.41, 5.74) is 0.940. The maximum absolute atomic E-state index is 10.9. The van der Waals surface area contributed by atoms with Crippen LogP contribution in [0.5, 0.6) is 0 Å². The van der Waals surface area contributed by atoms with E-state index < -0.39 is 0 Å². The molecule has 1 heterocycles. The molecular weight excluding hydrogens is 250 g/mol. The Morgan fingerprint density at radius 2 is 1.33 bits per heavy atom. The molecule has 12 heavy (non-hydrogen) atoms. The summed E-state index contributed by atoms with van der Waals surface area (Å²) in [5.74, 6) is -0.601. The van der Waals surface area contributed by atoms with Gasteiger partial charge in [0, 0.05) is 22.4 Å². The quantitative estimate of drug-likeness (QED) is 0.544. The van der Waals surface area contributed by atoms with E-state index in [1.165, 1.54) is 0 Å². The minimum absolute atomic E-state index is 0. The van der Waals surface area contributed by atoms with Crippen LogP contribution in [0.2, 0.25) is 0 Å². The summed E-state index contributed by atoms with van der Waals surface area (Å²) in [6, 6.07) is 6.74. The molecule has 2 amide bonds. The minimum Gasteiger partial charge on any atom is -0.288 e. The fourth-order valence-corrected chi connectivity index (χ4v) is 1.12. The van der Waals surface area contributed by atoms with Gasteiger partial charge in [-0.15, -0.1) is 0 Å². The average Bonchev–Trinajstić information content (AvgIpc) is 2.30. The Kier molecular flexibility index (Phi) is 2.47. The Labute approximate surface area is 84.7 Å². The summed E-state index contributed by atoms with van der Waals surface area (Å²) in [7, 11) is 0. The number of amides is 2. The first kappa shape index (κ1) is 9.19. The monoisotopic (exact) mass is 254 g/mol. The van der Waals surface area contributed by atoms with E-state index in [2.05, 4.69) is 5.32 Å². The van der Waals surface area contributed by atoms with Crippen molar-refractivity contribution in [3.8, 4) is 0 Å². The van der Waals surface area contributed by atoms with Crippen molar-refractivity contribution >= 4 is 11.8 Å². The molecule has 0 aliphatic carbocycles. The number of carbonyl (C=O) groups is 2. The Balaban J connectivity index is 0.000000720. The number of imide groups is 1. The summed E-state index contributed by atoms with van der Waals surface area (Å²) in [6.45, 7) is 0. The minimum atomic E-state index is -0.300. The van der Waals surface area contributed by atoms with Crippen LogP contribution in [0.1, 0.15) is 20.7 Å². The Morgan fingerprint density at radius 3 is 1.75 bits per heavy atom. The maximum Gasteiger partial charge on any atom is 0.258 e. The standard InChI is InChI=1S/C8H5NO2.Ag/c10-7-5-3-1-2-4-6(5)8(11)9-7;/h1-4H,(H,9,10,11);. The molecule has 0 saturated heterocycles. The molecular formula is C8H5AgNO2. The van der Waals surface area contributed by atoms with E-state index in [-0.39, 0.29) is 34.2 Å². The van der Waals surface area contributed by atoms with Crippen LogP contribution >= 0.6 is 0 Å². The molecule has 0 fully saturated rings. The van der Waals surface area contributed by atoms with Gasteiger partial charge in [0.05, 0.1) is 11.1 Å². The number of nitrogens with one attached hydrogen (secondary N) is 1. The van der Waals surface area contributed by atoms with Gasteiger partial charge in [-0.05, 0) is 12.1 Å². The molecule has 0 unspecified atom stereocenters. The van der Waals surface area contributed by atoms with Crippen molar-refractivity contribution in [2.75, 3.05) is 0 Å². The summed E-state index contributed by atoms with van der Waals surface area (Å²) in [5, 5.41) is 2.20. The fourth-order valence-electron chi connectivity index (χ4n) is 1.12. The smallest absolute Gasteiger partial charge is 0.258 e. The molecule has 0 bridgehead atoms. The largest absolute Gasteiger partial charge is 0.288 e. The van der Waals surface area contributed by atoms with Crippen LogP contribution in [0.3, 0.4) is 0 Å². The zero-order valence-electron chi connectivity index (χ0n) is 5.93. The normalized spacial score (nSPS) is 13.3. The second-order valence-corrected chi connectivity index (χ2v) is 2.33. The third-order valence-corrected chi connectivity index (χ3v) is 1.64. The second-order valence-electron chi connectivity index (χ2n) is 2.33. The van der Waals surface area contributed by atoms with Crippen molar-refractivity contribution in [2.24, 2.45) is 0 Å². The van der Waals surface area contributed by atoms with E-state index in [9.17, 15) is 9.59 Å². The first-order valence-corrected chi connectivity index (χ1v) is 3.24. The zero-order valence-corrected chi connectivity index (χ0v) is 7.41. The molecule has 0 atom stereocenters. The first-order valence-electron chi connectivity index (χ1n) is 3.24. The van der Waals surface area contributed by atoms with Crippen LogP contribution in [0.15, 0.2) is 24.3 Å². The number of hydrogen-bond acceptors (Lipinski definition) is 2. The van der Waals surface area contributed by atoms with E-state index >= 15 is 0 Å². The molecule has 1 aromatic carbocycles. The predicted octanol–water partition coefficient (Wildman–Crippen LogP) is 0.568. The molecule has 1 aliphatic rings. The molecule has 65 valence electrons. The molecule has 1 radical (unpaired) electrons. The summed E-state index contributed by atoms with van der Waals surface area (Å²) >= 11 is 0. The number of fused-ring (bicyclic) bond motifs is 1. The number of rotatable bonds is 0. The van der Waals surface area contributed by atoms with Gasteiger partial charge in [0.15, 0.2) is 0 Å².